The average molecular weight is 289 g/mol. The van der Waals surface area contributed by atoms with Crippen LogP contribution in [0.3, 0.4) is 0 Å². The third-order valence-corrected chi connectivity index (χ3v) is 4.21. The van der Waals surface area contributed by atoms with Crippen molar-refractivity contribution in [3.8, 4) is 0 Å². The van der Waals surface area contributed by atoms with Crippen LogP contribution in [0.5, 0.6) is 0 Å². The van der Waals surface area contributed by atoms with Crippen LogP contribution >= 0.6 is 0 Å². The standard InChI is InChI=1S/C17H27N3O/c1-2-3-9-16(17(18)21)20-11-10-19-15(13-20)12-14-7-5-4-6-8-14/h4-8,15-16,19H,2-3,9-13H2,1H3,(H2,18,21)/t15-,16?/m1/s1. The normalized spacial score (nSPS) is 21.1. The summed E-state index contributed by atoms with van der Waals surface area (Å²) in [7, 11) is 0. The van der Waals surface area contributed by atoms with Crippen molar-refractivity contribution in [2.24, 2.45) is 5.73 Å². The van der Waals surface area contributed by atoms with Crippen LogP contribution in [-0.2, 0) is 11.2 Å². The molecule has 1 saturated heterocycles. The quantitative estimate of drug-likeness (QED) is 0.800. The van der Waals surface area contributed by atoms with Crippen molar-refractivity contribution in [3.05, 3.63) is 35.9 Å². The molecular weight excluding hydrogens is 262 g/mol. The van der Waals surface area contributed by atoms with E-state index in [2.05, 4.69) is 41.4 Å². The van der Waals surface area contributed by atoms with E-state index in [9.17, 15) is 4.79 Å². The maximum atomic E-state index is 11.7. The fraction of sp³-hybridized carbons (Fsp3) is 0.588. The minimum absolute atomic E-state index is 0.106. The fourth-order valence-corrected chi connectivity index (χ4v) is 3.07. The van der Waals surface area contributed by atoms with E-state index < -0.39 is 0 Å². The lowest BCUT2D eigenvalue weighted by molar-refractivity contribution is -0.124. The molecule has 1 aliphatic rings. The van der Waals surface area contributed by atoms with Crippen LogP contribution in [0, 0.1) is 0 Å². The highest BCUT2D eigenvalue weighted by molar-refractivity contribution is 5.79. The molecule has 3 N–H and O–H groups in total. The van der Waals surface area contributed by atoms with Crippen LogP contribution in [0.1, 0.15) is 31.7 Å². The number of rotatable bonds is 7. The van der Waals surface area contributed by atoms with Crippen molar-refractivity contribution in [1.82, 2.24) is 10.2 Å². The third kappa shape index (κ3) is 4.83. The summed E-state index contributed by atoms with van der Waals surface area (Å²) < 4.78 is 0. The Morgan fingerprint density at radius 3 is 2.86 bits per heavy atom. The number of carbonyl (C=O) groups is 1. The molecule has 4 nitrogen and oxygen atoms in total. The highest BCUT2D eigenvalue weighted by Crippen LogP contribution is 2.14. The van der Waals surface area contributed by atoms with Gasteiger partial charge in [-0.2, -0.15) is 0 Å². The molecule has 2 atom stereocenters. The van der Waals surface area contributed by atoms with Gasteiger partial charge in [0.05, 0.1) is 6.04 Å². The van der Waals surface area contributed by atoms with Crippen LogP contribution in [0.2, 0.25) is 0 Å². The molecule has 0 aliphatic carbocycles. The summed E-state index contributed by atoms with van der Waals surface area (Å²) in [6, 6.07) is 10.8. The van der Waals surface area contributed by atoms with Crippen LogP contribution in [0.25, 0.3) is 0 Å². The van der Waals surface area contributed by atoms with Crippen molar-refractivity contribution >= 4 is 5.91 Å². The lowest BCUT2D eigenvalue weighted by atomic mass is 10.0. The molecule has 21 heavy (non-hydrogen) atoms. The Hall–Kier alpha value is -1.39. The summed E-state index contributed by atoms with van der Waals surface area (Å²) >= 11 is 0. The number of hydrogen-bond acceptors (Lipinski definition) is 3. The van der Waals surface area contributed by atoms with Crippen molar-refractivity contribution in [2.45, 2.75) is 44.7 Å². The van der Waals surface area contributed by atoms with Crippen LogP contribution in [0.15, 0.2) is 30.3 Å². The lowest BCUT2D eigenvalue weighted by Crippen LogP contribution is -2.57. The molecule has 1 aliphatic heterocycles. The first-order valence-electron chi connectivity index (χ1n) is 8.01. The Balaban J connectivity index is 1.94. The van der Waals surface area contributed by atoms with E-state index >= 15 is 0 Å². The van der Waals surface area contributed by atoms with Gasteiger partial charge in [0, 0.05) is 25.7 Å². The summed E-state index contributed by atoms with van der Waals surface area (Å²) in [6.07, 6.45) is 4.03. The van der Waals surface area contributed by atoms with Gasteiger partial charge in [-0.1, -0.05) is 50.1 Å². The molecule has 2 rings (SSSR count). The Kier molecular flexibility index (Phi) is 6.21. The Morgan fingerprint density at radius 1 is 1.43 bits per heavy atom. The summed E-state index contributed by atoms with van der Waals surface area (Å²) in [5.74, 6) is -0.177. The van der Waals surface area contributed by atoms with Gasteiger partial charge in [0.15, 0.2) is 0 Å². The number of benzene rings is 1. The SMILES string of the molecule is CCCCC(C(N)=O)N1CCN[C@H](Cc2ccccc2)C1. The predicted octanol–water partition coefficient (Wildman–Crippen LogP) is 1.55. The number of nitrogens with zero attached hydrogens (tertiary/aromatic N) is 1. The van der Waals surface area contributed by atoms with Crippen LogP contribution < -0.4 is 11.1 Å². The van der Waals surface area contributed by atoms with Gasteiger partial charge >= 0.3 is 0 Å². The van der Waals surface area contributed by atoms with E-state index in [1.165, 1.54) is 5.56 Å². The molecule has 0 aromatic heterocycles. The largest absolute Gasteiger partial charge is 0.368 e. The first-order chi connectivity index (χ1) is 10.2. The topological polar surface area (TPSA) is 58.4 Å². The van der Waals surface area contributed by atoms with Crippen molar-refractivity contribution < 1.29 is 4.79 Å². The maximum Gasteiger partial charge on any atom is 0.234 e. The predicted molar refractivity (Wildman–Crippen MR) is 86.0 cm³/mol. The zero-order chi connectivity index (χ0) is 15.1. The number of hydrogen-bond donors (Lipinski definition) is 2. The number of nitrogens with one attached hydrogen (secondary N) is 1. The van der Waals surface area contributed by atoms with Gasteiger partial charge in [0.2, 0.25) is 5.91 Å². The Labute approximate surface area is 127 Å². The van der Waals surface area contributed by atoms with Crippen molar-refractivity contribution in [2.75, 3.05) is 19.6 Å². The number of piperazine rings is 1. The summed E-state index contributed by atoms with van der Waals surface area (Å²) in [5.41, 5.74) is 6.94. The molecule has 0 bridgehead atoms. The number of primary amides is 1. The van der Waals surface area contributed by atoms with E-state index in [4.69, 9.17) is 5.73 Å². The van der Waals surface area contributed by atoms with Gasteiger partial charge in [0.1, 0.15) is 0 Å². The second-order valence-corrected chi connectivity index (χ2v) is 5.90. The monoisotopic (exact) mass is 289 g/mol. The van der Waals surface area contributed by atoms with E-state index in [1.54, 1.807) is 0 Å². The molecule has 116 valence electrons. The smallest absolute Gasteiger partial charge is 0.234 e. The molecule has 0 spiro atoms. The fourth-order valence-electron chi connectivity index (χ4n) is 3.07. The number of carbonyl (C=O) groups excluding carboxylic acids is 1. The zero-order valence-electron chi connectivity index (χ0n) is 12.9. The van der Waals surface area contributed by atoms with Gasteiger partial charge < -0.3 is 11.1 Å². The molecule has 1 amide bonds. The minimum atomic E-state index is -0.177. The number of nitrogens with two attached hydrogens (primary N) is 1. The van der Waals surface area contributed by atoms with E-state index in [-0.39, 0.29) is 11.9 Å². The lowest BCUT2D eigenvalue weighted by Gasteiger charge is -2.37. The third-order valence-electron chi connectivity index (χ3n) is 4.21. The highest BCUT2D eigenvalue weighted by atomic mass is 16.1. The van der Waals surface area contributed by atoms with Gasteiger partial charge in [-0.3, -0.25) is 9.69 Å². The second kappa shape index (κ2) is 8.15. The maximum absolute atomic E-state index is 11.7. The zero-order valence-corrected chi connectivity index (χ0v) is 12.9. The van der Waals surface area contributed by atoms with Crippen molar-refractivity contribution in [3.63, 3.8) is 0 Å². The van der Waals surface area contributed by atoms with Crippen LogP contribution in [-0.4, -0.2) is 42.5 Å². The summed E-state index contributed by atoms with van der Waals surface area (Å²) in [4.78, 5) is 14.0. The van der Waals surface area contributed by atoms with E-state index in [0.29, 0.717) is 6.04 Å². The Bertz CT molecular complexity index is 435. The molecule has 1 fully saturated rings. The van der Waals surface area contributed by atoms with E-state index in [0.717, 1.165) is 45.3 Å². The van der Waals surface area contributed by atoms with Gasteiger partial charge in [-0.05, 0) is 18.4 Å². The second-order valence-electron chi connectivity index (χ2n) is 5.90. The molecule has 0 radical (unpaired) electrons. The molecule has 1 aromatic carbocycles. The summed E-state index contributed by atoms with van der Waals surface area (Å²) in [5, 5.41) is 3.55. The number of amides is 1. The van der Waals surface area contributed by atoms with Gasteiger partial charge in [0.25, 0.3) is 0 Å². The van der Waals surface area contributed by atoms with Crippen LogP contribution in [0.4, 0.5) is 0 Å². The number of unbranched alkanes of at least 4 members (excludes halogenated alkanes) is 1. The summed E-state index contributed by atoms with van der Waals surface area (Å²) in [6.45, 7) is 4.87. The minimum Gasteiger partial charge on any atom is -0.368 e. The van der Waals surface area contributed by atoms with Gasteiger partial charge in [-0.15, -0.1) is 0 Å². The molecular formula is C17H27N3O. The first kappa shape index (κ1) is 16.0. The van der Waals surface area contributed by atoms with Crippen molar-refractivity contribution in [1.29, 1.82) is 0 Å². The highest BCUT2D eigenvalue weighted by Gasteiger charge is 2.28. The molecule has 1 aromatic rings. The van der Waals surface area contributed by atoms with E-state index in [1.807, 2.05) is 6.07 Å². The molecule has 0 saturated carbocycles. The Morgan fingerprint density at radius 2 is 2.19 bits per heavy atom. The van der Waals surface area contributed by atoms with Gasteiger partial charge in [-0.25, -0.2) is 0 Å². The first-order valence-corrected chi connectivity index (χ1v) is 8.01. The molecule has 4 heteroatoms. The molecule has 1 heterocycles. The average Bonchev–Trinajstić information content (AvgIpc) is 2.49. The molecule has 1 unspecified atom stereocenters.